The van der Waals surface area contributed by atoms with E-state index in [9.17, 15) is 13.2 Å². The van der Waals surface area contributed by atoms with Gasteiger partial charge in [0, 0.05) is 12.8 Å². The molecule has 0 aliphatic heterocycles. The van der Waals surface area contributed by atoms with Crippen LogP contribution < -0.4 is 5.32 Å². The van der Waals surface area contributed by atoms with Crippen LogP contribution in [0.15, 0.2) is 0 Å². The summed E-state index contributed by atoms with van der Waals surface area (Å²) in [5, 5.41) is 3.18. The highest BCUT2D eigenvalue weighted by molar-refractivity contribution is 7.90. The van der Waals surface area contributed by atoms with Crippen LogP contribution in [0.1, 0.15) is 33.6 Å². The van der Waals surface area contributed by atoms with E-state index in [-0.39, 0.29) is 11.7 Å². The maximum absolute atomic E-state index is 12.0. The van der Waals surface area contributed by atoms with Gasteiger partial charge in [-0.2, -0.15) is 0 Å². The molecule has 1 atom stereocenters. The molecular formula is C14H30N2O4S. The molecular weight excluding hydrogens is 292 g/mol. The highest BCUT2D eigenvalue weighted by atomic mass is 32.2. The van der Waals surface area contributed by atoms with Crippen molar-refractivity contribution < 1.29 is 17.9 Å². The molecule has 0 aromatic carbocycles. The minimum absolute atomic E-state index is 0.159. The average Bonchev–Trinajstić information content (AvgIpc) is 2.36. The normalized spacial score (nSPS) is 15.0. The topological polar surface area (TPSA) is 75.7 Å². The average molecular weight is 322 g/mol. The van der Waals surface area contributed by atoms with Crippen molar-refractivity contribution in [2.75, 3.05) is 45.3 Å². The van der Waals surface area contributed by atoms with E-state index in [4.69, 9.17) is 4.74 Å². The Morgan fingerprint density at radius 1 is 1.29 bits per heavy atom. The summed E-state index contributed by atoms with van der Waals surface area (Å²) in [6, 6.07) is 0. The summed E-state index contributed by atoms with van der Waals surface area (Å²) in [7, 11) is -1.04. The molecule has 0 bridgehead atoms. The number of esters is 1. The van der Waals surface area contributed by atoms with E-state index >= 15 is 0 Å². The number of carbonyl (C=O) groups excluding carboxylic acids is 1. The second-order valence-corrected chi connectivity index (χ2v) is 7.88. The second kappa shape index (κ2) is 9.38. The van der Waals surface area contributed by atoms with Crippen LogP contribution in [-0.2, 0) is 19.4 Å². The fourth-order valence-corrected chi connectivity index (χ4v) is 2.72. The van der Waals surface area contributed by atoms with Gasteiger partial charge in [0.25, 0.3) is 0 Å². The van der Waals surface area contributed by atoms with Gasteiger partial charge in [0.2, 0.25) is 0 Å². The minimum atomic E-state index is -2.93. The molecule has 0 aromatic rings. The number of nitrogens with zero attached hydrogens (tertiary/aromatic N) is 1. The summed E-state index contributed by atoms with van der Waals surface area (Å²) in [6.45, 7) is 7.92. The third-order valence-electron chi connectivity index (χ3n) is 3.35. The molecule has 0 aromatic heterocycles. The number of ether oxygens (including phenoxy) is 1. The minimum Gasteiger partial charge on any atom is -0.465 e. The highest BCUT2D eigenvalue weighted by Crippen LogP contribution is 2.15. The second-order valence-electron chi connectivity index (χ2n) is 5.62. The molecule has 0 saturated heterocycles. The first-order valence-electron chi connectivity index (χ1n) is 7.43. The molecule has 0 aliphatic carbocycles. The van der Waals surface area contributed by atoms with E-state index in [0.29, 0.717) is 26.1 Å². The molecule has 0 radical (unpaired) electrons. The summed E-state index contributed by atoms with van der Waals surface area (Å²) in [5.41, 5.74) is -0.678. The lowest BCUT2D eigenvalue weighted by molar-refractivity contribution is -0.150. The Hall–Kier alpha value is -0.660. The Kier molecular flexibility index (Phi) is 9.08. The van der Waals surface area contributed by atoms with Gasteiger partial charge in [-0.15, -0.1) is 0 Å². The van der Waals surface area contributed by atoms with Crippen molar-refractivity contribution in [2.45, 2.75) is 39.2 Å². The van der Waals surface area contributed by atoms with Gasteiger partial charge < -0.3 is 15.0 Å². The van der Waals surface area contributed by atoms with Crippen molar-refractivity contribution in [2.24, 2.45) is 0 Å². The van der Waals surface area contributed by atoms with E-state index < -0.39 is 15.4 Å². The number of hydrogen-bond acceptors (Lipinski definition) is 6. The van der Waals surface area contributed by atoms with Gasteiger partial charge in [0.15, 0.2) is 0 Å². The maximum atomic E-state index is 12.0. The molecule has 0 aliphatic rings. The zero-order valence-corrected chi connectivity index (χ0v) is 14.8. The third kappa shape index (κ3) is 9.06. The monoisotopic (exact) mass is 322 g/mol. The van der Waals surface area contributed by atoms with Gasteiger partial charge in [0.05, 0.1) is 12.4 Å². The van der Waals surface area contributed by atoms with Crippen LogP contribution in [0.4, 0.5) is 0 Å². The largest absolute Gasteiger partial charge is 0.465 e. The lowest BCUT2D eigenvalue weighted by atomic mass is 9.95. The zero-order chi connectivity index (χ0) is 16.5. The SMILES string of the molecule is CCNC(C)(CCCN(C)CCS(C)(=O)=O)C(=O)OCC. The van der Waals surface area contributed by atoms with E-state index in [1.54, 1.807) is 6.92 Å². The summed E-state index contributed by atoms with van der Waals surface area (Å²) < 4.78 is 27.3. The van der Waals surface area contributed by atoms with Crippen molar-refractivity contribution in [3.8, 4) is 0 Å². The number of hydrogen-bond donors (Lipinski definition) is 1. The first-order chi connectivity index (χ1) is 9.64. The Labute approximate surface area is 129 Å². The molecule has 0 amide bonds. The van der Waals surface area contributed by atoms with E-state index in [1.165, 1.54) is 6.26 Å². The molecule has 7 heteroatoms. The van der Waals surface area contributed by atoms with Crippen LogP contribution >= 0.6 is 0 Å². The molecule has 126 valence electrons. The Morgan fingerprint density at radius 2 is 1.90 bits per heavy atom. The number of rotatable bonds is 11. The third-order valence-corrected chi connectivity index (χ3v) is 4.28. The van der Waals surface area contributed by atoms with Gasteiger partial charge in [-0.3, -0.25) is 4.79 Å². The number of nitrogens with one attached hydrogen (secondary N) is 1. The summed E-state index contributed by atoms with van der Waals surface area (Å²) in [5.74, 6) is -0.0723. The van der Waals surface area contributed by atoms with Crippen LogP contribution in [0.5, 0.6) is 0 Å². The van der Waals surface area contributed by atoms with Crippen molar-refractivity contribution in [1.82, 2.24) is 10.2 Å². The number of sulfone groups is 1. The molecule has 0 rings (SSSR count). The van der Waals surface area contributed by atoms with Gasteiger partial charge in [-0.1, -0.05) is 6.92 Å². The molecule has 1 N–H and O–H groups in total. The lowest BCUT2D eigenvalue weighted by Crippen LogP contribution is -2.50. The van der Waals surface area contributed by atoms with Gasteiger partial charge in [0.1, 0.15) is 15.4 Å². The summed E-state index contributed by atoms with van der Waals surface area (Å²) in [4.78, 5) is 14.0. The Morgan fingerprint density at radius 3 is 2.38 bits per heavy atom. The van der Waals surface area contributed by atoms with Crippen LogP contribution in [0.25, 0.3) is 0 Å². The number of likely N-dealkylation sites (N-methyl/N-ethyl adjacent to an activating group) is 1. The highest BCUT2D eigenvalue weighted by Gasteiger charge is 2.33. The molecule has 0 spiro atoms. The maximum Gasteiger partial charge on any atom is 0.326 e. The van der Waals surface area contributed by atoms with E-state index in [2.05, 4.69) is 5.32 Å². The Bertz CT molecular complexity index is 411. The van der Waals surface area contributed by atoms with Crippen molar-refractivity contribution in [3.63, 3.8) is 0 Å². The quantitative estimate of drug-likeness (QED) is 0.564. The standard InChI is InChI=1S/C14H30N2O4S/c1-6-15-14(3,13(17)20-7-2)9-8-10-16(4)11-12-21(5,18)19/h15H,6-12H2,1-5H3. The van der Waals surface area contributed by atoms with Crippen molar-refractivity contribution in [1.29, 1.82) is 0 Å². The van der Waals surface area contributed by atoms with Gasteiger partial charge in [-0.25, -0.2) is 8.42 Å². The van der Waals surface area contributed by atoms with Gasteiger partial charge >= 0.3 is 5.97 Å². The van der Waals surface area contributed by atoms with Gasteiger partial charge in [-0.05, 0) is 46.8 Å². The molecule has 1 unspecified atom stereocenters. The van der Waals surface area contributed by atoms with Crippen LogP contribution in [0.2, 0.25) is 0 Å². The van der Waals surface area contributed by atoms with Crippen molar-refractivity contribution in [3.05, 3.63) is 0 Å². The molecule has 0 saturated carbocycles. The van der Waals surface area contributed by atoms with Crippen molar-refractivity contribution >= 4 is 15.8 Å². The Balaban J connectivity index is 4.28. The fraction of sp³-hybridized carbons (Fsp3) is 0.929. The number of carbonyl (C=O) groups is 1. The molecule has 0 heterocycles. The molecule has 0 fully saturated rings. The fourth-order valence-electron chi connectivity index (χ4n) is 2.08. The van der Waals surface area contributed by atoms with Crippen LogP contribution in [0.3, 0.4) is 0 Å². The first-order valence-corrected chi connectivity index (χ1v) is 9.49. The van der Waals surface area contributed by atoms with E-state index in [1.807, 2.05) is 25.8 Å². The zero-order valence-electron chi connectivity index (χ0n) is 13.9. The lowest BCUT2D eigenvalue weighted by Gasteiger charge is -2.29. The van der Waals surface area contributed by atoms with E-state index in [0.717, 1.165) is 13.0 Å². The van der Waals surface area contributed by atoms with Crippen LogP contribution in [-0.4, -0.2) is 70.1 Å². The summed E-state index contributed by atoms with van der Waals surface area (Å²) in [6.07, 6.45) is 2.69. The summed E-state index contributed by atoms with van der Waals surface area (Å²) >= 11 is 0. The molecule has 6 nitrogen and oxygen atoms in total. The first kappa shape index (κ1) is 20.3. The molecule has 21 heavy (non-hydrogen) atoms. The predicted molar refractivity (Wildman–Crippen MR) is 85.2 cm³/mol. The predicted octanol–water partition coefficient (Wildman–Crippen LogP) is 0.674. The van der Waals surface area contributed by atoms with Crippen LogP contribution in [0, 0.1) is 0 Å². The smallest absolute Gasteiger partial charge is 0.326 e.